The van der Waals surface area contributed by atoms with Crippen LogP contribution in [0.25, 0.3) is 0 Å². The maximum absolute atomic E-state index is 5.11. The monoisotopic (exact) mass is 244 g/mol. The molecule has 0 atom stereocenters. The largest absolute Gasteiger partial charge is 0.383 e. The van der Waals surface area contributed by atoms with Gasteiger partial charge in [0.15, 0.2) is 0 Å². The standard InChI is InChI=1S/C14H32N2O/c1-4-10-15-11-8-6-7-9-12-16(5-2)13-14-17-3/h15H,4-14H2,1-3H3. The van der Waals surface area contributed by atoms with E-state index in [0.717, 1.165) is 19.7 Å². The molecule has 0 heterocycles. The van der Waals surface area contributed by atoms with Gasteiger partial charge >= 0.3 is 0 Å². The fraction of sp³-hybridized carbons (Fsp3) is 1.00. The summed E-state index contributed by atoms with van der Waals surface area (Å²) in [7, 11) is 1.77. The fourth-order valence-electron chi connectivity index (χ4n) is 1.89. The summed E-state index contributed by atoms with van der Waals surface area (Å²) in [6.07, 6.45) is 6.61. The molecule has 0 radical (unpaired) electrons. The van der Waals surface area contributed by atoms with Gasteiger partial charge < -0.3 is 15.0 Å². The van der Waals surface area contributed by atoms with Gasteiger partial charge in [-0.3, -0.25) is 0 Å². The molecule has 0 fully saturated rings. The van der Waals surface area contributed by atoms with E-state index in [0.29, 0.717) is 0 Å². The molecule has 1 N–H and O–H groups in total. The summed E-state index contributed by atoms with van der Waals surface area (Å²) in [5.41, 5.74) is 0. The third-order valence-electron chi connectivity index (χ3n) is 3.06. The number of unbranched alkanes of at least 4 members (excludes halogenated alkanes) is 3. The predicted molar refractivity (Wildman–Crippen MR) is 75.6 cm³/mol. The first-order valence-corrected chi connectivity index (χ1v) is 7.27. The van der Waals surface area contributed by atoms with E-state index in [9.17, 15) is 0 Å². The van der Waals surface area contributed by atoms with Gasteiger partial charge in [0.25, 0.3) is 0 Å². The van der Waals surface area contributed by atoms with E-state index in [1.54, 1.807) is 7.11 Å². The smallest absolute Gasteiger partial charge is 0.0589 e. The molecule has 3 heteroatoms. The normalized spacial score (nSPS) is 11.3. The number of likely N-dealkylation sites (N-methyl/N-ethyl adjacent to an activating group) is 1. The third kappa shape index (κ3) is 12.1. The topological polar surface area (TPSA) is 24.5 Å². The molecule has 0 saturated carbocycles. The Hall–Kier alpha value is -0.120. The predicted octanol–water partition coefficient (Wildman–Crippen LogP) is 2.51. The van der Waals surface area contributed by atoms with Crippen molar-refractivity contribution in [3.8, 4) is 0 Å². The van der Waals surface area contributed by atoms with Crippen molar-refractivity contribution < 1.29 is 4.74 Å². The van der Waals surface area contributed by atoms with Crippen molar-refractivity contribution in [3.63, 3.8) is 0 Å². The minimum Gasteiger partial charge on any atom is -0.383 e. The Labute approximate surface area is 108 Å². The number of hydrogen-bond acceptors (Lipinski definition) is 3. The highest BCUT2D eigenvalue weighted by Crippen LogP contribution is 2.01. The molecular weight excluding hydrogens is 212 g/mol. The number of nitrogens with one attached hydrogen (secondary N) is 1. The van der Waals surface area contributed by atoms with Crippen molar-refractivity contribution in [3.05, 3.63) is 0 Å². The van der Waals surface area contributed by atoms with E-state index in [2.05, 4.69) is 24.1 Å². The Balaban J connectivity index is 3.19. The lowest BCUT2D eigenvalue weighted by Crippen LogP contribution is -2.28. The molecule has 0 rings (SSSR count). The lowest BCUT2D eigenvalue weighted by atomic mass is 10.2. The minimum absolute atomic E-state index is 0.856. The van der Waals surface area contributed by atoms with Crippen LogP contribution in [0.3, 0.4) is 0 Å². The Bertz CT molecular complexity index is 142. The van der Waals surface area contributed by atoms with Crippen molar-refractivity contribution >= 4 is 0 Å². The van der Waals surface area contributed by atoms with Crippen LogP contribution in [0, 0.1) is 0 Å². The van der Waals surface area contributed by atoms with Gasteiger partial charge in [-0.15, -0.1) is 0 Å². The molecule has 0 aromatic heterocycles. The van der Waals surface area contributed by atoms with Crippen LogP contribution in [0.4, 0.5) is 0 Å². The molecule has 3 nitrogen and oxygen atoms in total. The Kier molecular flexibility index (Phi) is 13.8. The Morgan fingerprint density at radius 3 is 2.35 bits per heavy atom. The number of methoxy groups -OCH3 is 1. The zero-order chi connectivity index (χ0) is 12.8. The first-order valence-electron chi connectivity index (χ1n) is 7.27. The van der Waals surface area contributed by atoms with E-state index in [-0.39, 0.29) is 0 Å². The average molecular weight is 244 g/mol. The lowest BCUT2D eigenvalue weighted by molar-refractivity contribution is 0.149. The summed E-state index contributed by atoms with van der Waals surface area (Å²) in [6.45, 7) is 11.1. The zero-order valence-corrected chi connectivity index (χ0v) is 12.1. The summed E-state index contributed by atoms with van der Waals surface area (Å²) in [5.74, 6) is 0. The number of rotatable bonds is 13. The molecule has 0 aromatic carbocycles. The molecule has 0 aromatic rings. The second kappa shape index (κ2) is 13.9. The zero-order valence-electron chi connectivity index (χ0n) is 12.1. The van der Waals surface area contributed by atoms with Crippen LogP contribution < -0.4 is 5.32 Å². The molecular formula is C14H32N2O. The van der Waals surface area contributed by atoms with Crippen molar-refractivity contribution in [1.29, 1.82) is 0 Å². The molecule has 0 aliphatic heterocycles. The molecule has 0 aliphatic rings. The molecule has 0 bridgehead atoms. The lowest BCUT2D eigenvalue weighted by Gasteiger charge is -2.19. The summed E-state index contributed by atoms with van der Waals surface area (Å²) >= 11 is 0. The van der Waals surface area contributed by atoms with Gasteiger partial charge in [0.2, 0.25) is 0 Å². The molecule has 0 unspecified atom stereocenters. The van der Waals surface area contributed by atoms with Gasteiger partial charge in [-0.2, -0.15) is 0 Å². The van der Waals surface area contributed by atoms with E-state index >= 15 is 0 Å². The van der Waals surface area contributed by atoms with Gasteiger partial charge in [0.1, 0.15) is 0 Å². The van der Waals surface area contributed by atoms with Gasteiger partial charge in [0, 0.05) is 13.7 Å². The molecule has 0 spiro atoms. The van der Waals surface area contributed by atoms with Crippen LogP contribution in [0.15, 0.2) is 0 Å². The first kappa shape index (κ1) is 16.9. The van der Waals surface area contributed by atoms with Crippen LogP contribution in [0.5, 0.6) is 0 Å². The van der Waals surface area contributed by atoms with E-state index in [1.165, 1.54) is 51.7 Å². The second-order valence-corrected chi connectivity index (χ2v) is 4.59. The fourth-order valence-corrected chi connectivity index (χ4v) is 1.89. The molecule has 0 aliphatic carbocycles. The highest BCUT2D eigenvalue weighted by Gasteiger charge is 2.00. The molecule has 17 heavy (non-hydrogen) atoms. The van der Waals surface area contributed by atoms with Crippen LogP contribution in [-0.2, 0) is 4.74 Å². The summed E-state index contributed by atoms with van der Waals surface area (Å²) in [6, 6.07) is 0. The maximum atomic E-state index is 5.11. The van der Waals surface area contributed by atoms with E-state index in [4.69, 9.17) is 4.74 Å². The average Bonchev–Trinajstić information content (AvgIpc) is 2.36. The summed E-state index contributed by atoms with van der Waals surface area (Å²) < 4.78 is 5.11. The van der Waals surface area contributed by atoms with E-state index in [1.807, 2.05) is 0 Å². The summed E-state index contributed by atoms with van der Waals surface area (Å²) in [4.78, 5) is 2.47. The van der Waals surface area contributed by atoms with Crippen LogP contribution in [0.1, 0.15) is 46.0 Å². The Morgan fingerprint density at radius 1 is 0.941 bits per heavy atom. The van der Waals surface area contributed by atoms with Crippen LogP contribution in [0.2, 0.25) is 0 Å². The molecule has 104 valence electrons. The number of hydrogen-bond donors (Lipinski definition) is 1. The summed E-state index contributed by atoms with van der Waals surface area (Å²) in [5, 5.41) is 3.45. The van der Waals surface area contributed by atoms with Gasteiger partial charge in [-0.05, 0) is 45.4 Å². The molecule has 0 amide bonds. The van der Waals surface area contributed by atoms with Crippen molar-refractivity contribution in [2.24, 2.45) is 0 Å². The van der Waals surface area contributed by atoms with E-state index < -0.39 is 0 Å². The van der Waals surface area contributed by atoms with Crippen LogP contribution in [-0.4, -0.2) is 51.3 Å². The van der Waals surface area contributed by atoms with Gasteiger partial charge in [-0.1, -0.05) is 26.7 Å². The molecule has 0 saturated heterocycles. The van der Waals surface area contributed by atoms with Gasteiger partial charge in [-0.25, -0.2) is 0 Å². The third-order valence-corrected chi connectivity index (χ3v) is 3.06. The van der Waals surface area contributed by atoms with Crippen molar-refractivity contribution in [2.45, 2.75) is 46.0 Å². The second-order valence-electron chi connectivity index (χ2n) is 4.59. The Morgan fingerprint density at radius 2 is 1.71 bits per heavy atom. The van der Waals surface area contributed by atoms with Crippen molar-refractivity contribution in [2.75, 3.05) is 46.4 Å². The number of ether oxygens (including phenoxy) is 1. The van der Waals surface area contributed by atoms with Gasteiger partial charge in [0.05, 0.1) is 6.61 Å². The highest BCUT2D eigenvalue weighted by atomic mass is 16.5. The number of nitrogens with zero attached hydrogens (tertiary/aromatic N) is 1. The van der Waals surface area contributed by atoms with Crippen LogP contribution >= 0.6 is 0 Å². The maximum Gasteiger partial charge on any atom is 0.0589 e. The minimum atomic E-state index is 0.856. The first-order chi connectivity index (χ1) is 8.35. The van der Waals surface area contributed by atoms with Crippen molar-refractivity contribution in [1.82, 2.24) is 10.2 Å². The quantitative estimate of drug-likeness (QED) is 0.504. The SMILES string of the molecule is CCCNCCCCCCN(CC)CCOC. The highest BCUT2D eigenvalue weighted by molar-refractivity contribution is 4.56.